The van der Waals surface area contributed by atoms with Crippen LogP contribution in [-0.2, 0) is 14.3 Å². The van der Waals surface area contributed by atoms with E-state index in [0.29, 0.717) is 23.0 Å². The van der Waals surface area contributed by atoms with Crippen molar-refractivity contribution in [3.8, 4) is 5.75 Å². The van der Waals surface area contributed by atoms with E-state index in [9.17, 15) is 9.59 Å². The number of nitrogens with zero attached hydrogens (tertiary/aromatic N) is 1. The molecular formula is C26H31N3O4S. The maximum Gasteiger partial charge on any atom is 0.338 e. The van der Waals surface area contributed by atoms with Gasteiger partial charge in [-0.2, -0.15) is 0 Å². The number of thioether (sulfide) groups is 1. The fraction of sp³-hybridized carbons (Fsp3) is 0.346. The molecule has 0 saturated heterocycles. The van der Waals surface area contributed by atoms with Gasteiger partial charge in [0.15, 0.2) is 5.17 Å². The van der Waals surface area contributed by atoms with Crippen molar-refractivity contribution in [2.45, 2.75) is 40.7 Å². The highest BCUT2D eigenvalue weighted by Gasteiger charge is 2.30. The van der Waals surface area contributed by atoms with Gasteiger partial charge < -0.3 is 20.1 Å². The molecule has 1 aliphatic heterocycles. The van der Waals surface area contributed by atoms with Crippen molar-refractivity contribution in [1.82, 2.24) is 5.32 Å². The number of carbonyl (C=O) groups is 2. The highest BCUT2D eigenvalue weighted by atomic mass is 32.2. The summed E-state index contributed by atoms with van der Waals surface area (Å²) in [5.74, 6) is 0.386. The minimum Gasteiger partial charge on any atom is -0.494 e. The Morgan fingerprint density at radius 1 is 1.03 bits per heavy atom. The molecule has 8 heteroatoms. The number of hydrogen-bond donors (Lipinski definition) is 2. The number of hydrogen-bond acceptors (Lipinski definition) is 7. The van der Waals surface area contributed by atoms with E-state index in [1.54, 1.807) is 6.92 Å². The summed E-state index contributed by atoms with van der Waals surface area (Å²) in [7, 11) is 0. The second-order valence-corrected chi connectivity index (χ2v) is 8.82. The molecule has 0 aliphatic carbocycles. The van der Waals surface area contributed by atoms with Gasteiger partial charge in [0.1, 0.15) is 11.8 Å². The summed E-state index contributed by atoms with van der Waals surface area (Å²) in [5, 5.41) is 6.65. The van der Waals surface area contributed by atoms with Crippen molar-refractivity contribution in [2.75, 3.05) is 24.3 Å². The summed E-state index contributed by atoms with van der Waals surface area (Å²) in [6, 6.07) is 12.8. The average molecular weight is 482 g/mol. The molecule has 0 fully saturated rings. The molecule has 1 heterocycles. The fourth-order valence-electron chi connectivity index (χ4n) is 3.50. The molecule has 0 bridgehead atoms. The summed E-state index contributed by atoms with van der Waals surface area (Å²) in [5.41, 5.74) is 5.01. The zero-order chi connectivity index (χ0) is 24.7. The number of rotatable bonds is 8. The fourth-order valence-corrected chi connectivity index (χ4v) is 4.24. The van der Waals surface area contributed by atoms with Crippen LogP contribution in [0.5, 0.6) is 5.75 Å². The largest absolute Gasteiger partial charge is 0.494 e. The second kappa shape index (κ2) is 11.7. The monoisotopic (exact) mass is 481 g/mol. The van der Waals surface area contributed by atoms with Gasteiger partial charge in [-0.1, -0.05) is 30.0 Å². The number of anilines is 1. The van der Waals surface area contributed by atoms with Crippen molar-refractivity contribution in [2.24, 2.45) is 4.99 Å². The van der Waals surface area contributed by atoms with Gasteiger partial charge in [0.25, 0.3) is 0 Å². The topological polar surface area (TPSA) is 89.0 Å². The van der Waals surface area contributed by atoms with Crippen molar-refractivity contribution in [3.05, 3.63) is 70.4 Å². The zero-order valence-electron chi connectivity index (χ0n) is 20.2. The van der Waals surface area contributed by atoms with Crippen LogP contribution in [0.3, 0.4) is 0 Å². The van der Waals surface area contributed by atoms with Gasteiger partial charge in [0.2, 0.25) is 5.91 Å². The summed E-state index contributed by atoms with van der Waals surface area (Å²) >= 11 is 1.29. The average Bonchev–Trinajstić information content (AvgIpc) is 2.80. The number of aryl methyl sites for hydroxylation is 2. The van der Waals surface area contributed by atoms with E-state index in [1.165, 1.54) is 17.3 Å². The van der Waals surface area contributed by atoms with Gasteiger partial charge in [-0.05, 0) is 75.6 Å². The normalized spacial score (nSPS) is 15.3. The smallest absolute Gasteiger partial charge is 0.338 e. The third kappa shape index (κ3) is 6.41. The molecule has 1 atom stereocenters. The maximum atomic E-state index is 12.7. The van der Waals surface area contributed by atoms with Crippen LogP contribution < -0.4 is 15.4 Å². The van der Waals surface area contributed by atoms with Crippen molar-refractivity contribution < 1.29 is 19.1 Å². The number of allylic oxidation sites excluding steroid dienone is 1. The van der Waals surface area contributed by atoms with E-state index < -0.39 is 12.0 Å². The molecule has 34 heavy (non-hydrogen) atoms. The minimum atomic E-state index is -0.540. The number of esters is 1. The van der Waals surface area contributed by atoms with Gasteiger partial charge in [-0.25, -0.2) is 9.79 Å². The Bertz CT molecular complexity index is 1110. The van der Waals surface area contributed by atoms with Gasteiger partial charge in [-0.15, -0.1) is 0 Å². The number of aliphatic imine (C=N–C) groups is 1. The summed E-state index contributed by atoms with van der Waals surface area (Å²) in [4.78, 5) is 30.0. The standard InChI is InChI=1S/C26H31N3O4S/c1-6-32-21-12-9-19(10-13-21)24-23(25(31)33-7-2)18(5)27-26(29-24)34-15-22(30)28-20-11-8-16(3)17(4)14-20/h8-14,24H,6-7,15H2,1-5H3,(H,27,29)(H,28,30)/t24-/m1/s1. The SMILES string of the molecule is CCOC(=O)C1=C(C)NC(SCC(=O)Nc2ccc(C)c(C)c2)=N[C@@H]1c1ccc(OCC)cc1. The summed E-state index contributed by atoms with van der Waals surface area (Å²) in [6.07, 6.45) is 0. The van der Waals surface area contributed by atoms with E-state index in [1.807, 2.05) is 70.2 Å². The van der Waals surface area contributed by atoms with Crippen LogP contribution in [0.15, 0.2) is 58.7 Å². The summed E-state index contributed by atoms with van der Waals surface area (Å²) < 4.78 is 10.8. The molecule has 7 nitrogen and oxygen atoms in total. The van der Waals surface area contributed by atoms with Crippen LogP contribution in [0.4, 0.5) is 5.69 Å². The van der Waals surface area contributed by atoms with E-state index in [2.05, 4.69) is 10.6 Å². The Kier molecular flexibility index (Phi) is 8.76. The number of benzene rings is 2. The Morgan fingerprint density at radius 3 is 2.41 bits per heavy atom. The van der Waals surface area contributed by atoms with Crippen LogP contribution in [0.25, 0.3) is 0 Å². The first-order valence-corrected chi connectivity index (χ1v) is 12.3. The van der Waals surface area contributed by atoms with E-state index >= 15 is 0 Å². The van der Waals surface area contributed by atoms with Gasteiger partial charge in [-0.3, -0.25) is 4.79 Å². The van der Waals surface area contributed by atoms with Crippen LogP contribution in [0.2, 0.25) is 0 Å². The molecule has 0 saturated carbocycles. The zero-order valence-corrected chi connectivity index (χ0v) is 21.0. The Labute approximate surface area is 205 Å². The molecule has 0 radical (unpaired) electrons. The number of carbonyl (C=O) groups excluding carboxylic acids is 2. The van der Waals surface area contributed by atoms with E-state index in [-0.39, 0.29) is 18.3 Å². The lowest BCUT2D eigenvalue weighted by Gasteiger charge is -2.26. The van der Waals surface area contributed by atoms with Crippen molar-refractivity contribution >= 4 is 34.5 Å². The van der Waals surface area contributed by atoms with Crippen molar-refractivity contribution in [1.29, 1.82) is 0 Å². The Morgan fingerprint density at radius 2 is 1.76 bits per heavy atom. The molecular weight excluding hydrogens is 450 g/mol. The number of ether oxygens (including phenoxy) is 2. The maximum absolute atomic E-state index is 12.7. The summed E-state index contributed by atoms with van der Waals surface area (Å²) in [6.45, 7) is 10.4. The Hall–Kier alpha value is -3.26. The van der Waals surface area contributed by atoms with Crippen LogP contribution >= 0.6 is 11.8 Å². The minimum absolute atomic E-state index is 0.131. The third-order valence-corrected chi connectivity index (χ3v) is 6.24. The van der Waals surface area contributed by atoms with Crippen molar-refractivity contribution in [3.63, 3.8) is 0 Å². The molecule has 1 amide bonds. The first kappa shape index (κ1) is 25.4. The molecule has 3 rings (SSSR count). The first-order chi connectivity index (χ1) is 16.3. The number of nitrogens with one attached hydrogen (secondary N) is 2. The molecule has 2 N–H and O–H groups in total. The lowest BCUT2D eigenvalue weighted by Crippen LogP contribution is -2.31. The number of amides is 1. The van der Waals surface area contributed by atoms with Gasteiger partial charge >= 0.3 is 5.97 Å². The van der Waals surface area contributed by atoms with Crippen LogP contribution in [0, 0.1) is 13.8 Å². The molecule has 2 aromatic carbocycles. The van der Waals surface area contributed by atoms with E-state index in [0.717, 1.165) is 22.6 Å². The van der Waals surface area contributed by atoms with Crippen LogP contribution in [0.1, 0.15) is 43.5 Å². The quantitative estimate of drug-likeness (QED) is 0.521. The van der Waals surface area contributed by atoms with E-state index in [4.69, 9.17) is 14.5 Å². The lowest BCUT2D eigenvalue weighted by atomic mass is 9.96. The molecule has 0 spiro atoms. The van der Waals surface area contributed by atoms with Crippen LogP contribution in [-0.4, -0.2) is 36.0 Å². The number of amidine groups is 1. The predicted octanol–water partition coefficient (Wildman–Crippen LogP) is 4.91. The third-order valence-electron chi connectivity index (χ3n) is 5.35. The first-order valence-electron chi connectivity index (χ1n) is 11.3. The predicted molar refractivity (Wildman–Crippen MR) is 137 cm³/mol. The molecule has 1 aliphatic rings. The highest BCUT2D eigenvalue weighted by molar-refractivity contribution is 8.14. The second-order valence-electron chi connectivity index (χ2n) is 7.86. The molecule has 0 unspecified atom stereocenters. The molecule has 180 valence electrons. The molecule has 0 aromatic heterocycles. The highest BCUT2D eigenvalue weighted by Crippen LogP contribution is 2.33. The lowest BCUT2D eigenvalue weighted by molar-refractivity contribution is -0.139. The van der Waals surface area contributed by atoms with Gasteiger partial charge in [0.05, 0.1) is 24.5 Å². The van der Waals surface area contributed by atoms with Gasteiger partial charge in [0, 0.05) is 11.4 Å². The Balaban J connectivity index is 1.76. The molecule has 2 aromatic rings.